The van der Waals surface area contributed by atoms with Gasteiger partial charge in [-0.1, -0.05) is 97.4 Å². The summed E-state index contributed by atoms with van der Waals surface area (Å²) < 4.78 is 35.4. The van der Waals surface area contributed by atoms with Crippen LogP contribution in [0.25, 0.3) is 11.1 Å². The zero-order valence-corrected chi connectivity index (χ0v) is 23.9. The molecule has 0 radical (unpaired) electrons. The maximum atomic E-state index is 10.5. The Balaban J connectivity index is 0.000000320. The highest BCUT2D eigenvalue weighted by Gasteiger charge is 2.13. The van der Waals surface area contributed by atoms with Crippen molar-refractivity contribution in [1.29, 1.82) is 0 Å². The summed E-state index contributed by atoms with van der Waals surface area (Å²) >= 11 is 0. The molecule has 39 heavy (non-hydrogen) atoms. The van der Waals surface area contributed by atoms with Crippen LogP contribution in [0.1, 0.15) is 35.6 Å². The van der Waals surface area contributed by atoms with Gasteiger partial charge in [0.2, 0.25) is 0 Å². The third-order valence-corrected chi connectivity index (χ3v) is 6.98. The molecule has 0 spiro atoms. The van der Waals surface area contributed by atoms with Gasteiger partial charge >= 0.3 is 0 Å². The van der Waals surface area contributed by atoms with Crippen molar-refractivity contribution < 1.29 is 17.7 Å². The van der Waals surface area contributed by atoms with Gasteiger partial charge in [-0.05, 0) is 79.5 Å². The number of aryl methyl sites for hydroxylation is 1. The van der Waals surface area contributed by atoms with Gasteiger partial charge in [-0.2, -0.15) is 8.42 Å². The van der Waals surface area contributed by atoms with E-state index in [-0.39, 0.29) is 4.90 Å². The Morgan fingerprint density at radius 2 is 1.26 bits per heavy atom. The molecule has 0 aliphatic carbocycles. The van der Waals surface area contributed by atoms with Gasteiger partial charge in [0, 0.05) is 6.54 Å². The number of likely N-dealkylation sites (N-methyl/N-ethyl adjacent to an activating group) is 1. The molecule has 0 unspecified atom stereocenters. The second-order valence-electron chi connectivity index (χ2n) is 9.40. The predicted octanol–water partition coefficient (Wildman–Crippen LogP) is 7.24. The standard InChI is InChI=1S/C26H29NO.C7H8O3S/c1-4-25(21-11-7-5-8-12-21)26(22-13-9-6-10-14-22)23-15-17-24(18-16-23)28-20-19-27(2)3;1-6-2-4-7(5-3-6)11(8,9)10/h5-18H,4,19-20H2,1-3H3;2-5H,1H3,(H,8,9,10)/b26-25-;. The maximum absolute atomic E-state index is 10.5. The van der Waals surface area contributed by atoms with Gasteiger partial charge in [-0.15, -0.1) is 0 Å². The number of nitrogens with zero attached hydrogens (tertiary/aromatic N) is 1. The lowest BCUT2D eigenvalue weighted by molar-refractivity contribution is 0.261. The fraction of sp³-hybridized carbons (Fsp3) is 0.212. The largest absolute Gasteiger partial charge is 0.492 e. The highest BCUT2D eigenvalue weighted by atomic mass is 32.2. The summed E-state index contributed by atoms with van der Waals surface area (Å²) in [6.07, 6.45) is 0.968. The molecule has 4 aromatic rings. The monoisotopic (exact) mass is 543 g/mol. The van der Waals surface area contributed by atoms with Crippen molar-refractivity contribution in [2.24, 2.45) is 0 Å². The van der Waals surface area contributed by atoms with Crippen molar-refractivity contribution >= 4 is 21.3 Å². The summed E-state index contributed by atoms with van der Waals surface area (Å²) in [6, 6.07) is 35.8. The molecule has 4 rings (SSSR count). The van der Waals surface area contributed by atoms with E-state index in [2.05, 4.69) is 111 Å². The average Bonchev–Trinajstić information content (AvgIpc) is 2.93. The minimum absolute atomic E-state index is 0.0666. The van der Waals surface area contributed by atoms with Gasteiger partial charge in [0.1, 0.15) is 12.4 Å². The van der Waals surface area contributed by atoms with Crippen LogP contribution in [0, 0.1) is 6.92 Å². The van der Waals surface area contributed by atoms with Crippen molar-refractivity contribution in [3.05, 3.63) is 131 Å². The van der Waals surface area contributed by atoms with Crippen molar-refractivity contribution in [2.45, 2.75) is 25.2 Å². The number of benzene rings is 4. The SMILES string of the molecule is CC/C(=C(\c1ccccc1)c1ccc(OCCN(C)C)cc1)c1ccccc1.Cc1ccc(S(=O)(=O)O)cc1. The van der Waals surface area contributed by atoms with E-state index in [1.165, 1.54) is 40.0 Å². The number of ether oxygens (including phenoxy) is 1. The third kappa shape index (κ3) is 9.21. The van der Waals surface area contributed by atoms with Crippen molar-refractivity contribution in [1.82, 2.24) is 4.90 Å². The molecular weight excluding hydrogens is 506 g/mol. The Kier molecular flexibility index (Phi) is 11.1. The summed E-state index contributed by atoms with van der Waals surface area (Å²) in [5.41, 5.74) is 7.33. The minimum Gasteiger partial charge on any atom is -0.492 e. The van der Waals surface area contributed by atoms with Crippen LogP contribution >= 0.6 is 0 Å². The molecule has 4 aromatic carbocycles. The molecule has 0 bridgehead atoms. The van der Waals surface area contributed by atoms with Crippen molar-refractivity contribution in [2.75, 3.05) is 27.2 Å². The van der Waals surface area contributed by atoms with E-state index < -0.39 is 10.1 Å². The molecule has 0 heterocycles. The van der Waals surface area contributed by atoms with Crippen LogP contribution in [-0.2, 0) is 10.1 Å². The van der Waals surface area contributed by atoms with E-state index in [0.29, 0.717) is 6.61 Å². The molecule has 0 aliphatic rings. The quantitative estimate of drug-likeness (QED) is 0.178. The second kappa shape index (κ2) is 14.4. The third-order valence-electron chi connectivity index (χ3n) is 6.11. The maximum Gasteiger partial charge on any atom is 0.294 e. The number of allylic oxidation sites excluding steroid dienone is 1. The first-order valence-electron chi connectivity index (χ1n) is 12.9. The van der Waals surface area contributed by atoms with Gasteiger partial charge in [0.05, 0.1) is 4.90 Å². The van der Waals surface area contributed by atoms with E-state index in [0.717, 1.165) is 24.3 Å². The molecule has 0 aromatic heterocycles. The Hall–Kier alpha value is -3.71. The fourth-order valence-electron chi connectivity index (χ4n) is 4.06. The summed E-state index contributed by atoms with van der Waals surface area (Å²) in [5, 5.41) is 0. The highest BCUT2D eigenvalue weighted by molar-refractivity contribution is 7.85. The minimum atomic E-state index is -4.02. The molecule has 0 fully saturated rings. The lowest BCUT2D eigenvalue weighted by Crippen LogP contribution is -2.19. The first-order chi connectivity index (χ1) is 18.7. The first-order valence-corrected chi connectivity index (χ1v) is 14.4. The van der Waals surface area contributed by atoms with Crippen LogP contribution in [0.3, 0.4) is 0 Å². The van der Waals surface area contributed by atoms with Crippen molar-refractivity contribution in [3.8, 4) is 5.75 Å². The zero-order valence-electron chi connectivity index (χ0n) is 23.0. The van der Waals surface area contributed by atoms with Crippen LogP contribution in [0.15, 0.2) is 114 Å². The fourth-order valence-corrected chi connectivity index (χ4v) is 4.54. The molecule has 0 amide bonds. The molecular formula is C33H37NO4S. The first kappa shape index (κ1) is 29.8. The van der Waals surface area contributed by atoms with Crippen LogP contribution < -0.4 is 4.74 Å². The van der Waals surface area contributed by atoms with E-state index >= 15 is 0 Å². The topological polar surface area (TPSA) is 66.8 Å². The molecule has 1 N–H and O–H groups in total. The van der Waals surface area contributed by atoms with E-state index in [9.17, 15) is 8.42 Å². The Morgan fingerprint density at radius 1 is 0.744 bits per heavy atom. The lowest BCUT2D eigenvalue weighted by atomic mass is 9.88. The van der Waals surface area contributed by atoms with Gasteiger partial charge in [0.25, 0.3) is 10.1 Å². The summed E-state index contributed by atoms with van der Waals surface area (Å²) in [6.45, 7) is 5.67. The van der Waals surface area contributed by atoms with Crippen LogP contribution in [0.5, 0.6) is 5.75 Å². The molecule has 0 saturated carbocycles. The molecule has 0 saturated heterocycles. The summed E-state index contributed by atoms with van der Waals surface area (Å²) in [4.78, 5) is 2.06. The van der Waals surface area contributed by atoms with Crippen LogP contribution in [-0.4, -0.2) is 45.1 Å². The lowest BCUT2D eigenvalue weighted by Gasteiger charge is -2.17. The molecule has 204 valence electrons. The van der Waals surface area contributed by atoms with E-state index in [1.54, 1.807) is 12.1 Å². The summed E-state index contributed by atoms with van der Waals surface area (Å²) in [5.74, 6) is 0.913. The molecule has 6 heteroatoms. The normalized spacial score (nSPS) is 11.8. The van der Waals surface area contributed by atoms with Crippen LogP contribution in [0.2, 0.25) is 0 Å². The highest BCUT2D eigenvalue weighted by Crippen LogP contribution is 2.34. The van der Waals surface area contributed by atoms with E-state index in [4.69, 9.17) is 9.29 Å². The Bertz CT molecular complexity index is 1430. The predicted molar refractivity (Wildman–Crippen MR) is 161 cm³/mol. The zero-order chi connectivity index (χ0) is 28.3. The van der Waals surface area contributed by atoms with Gasteiger partial charge in [-0.25, -0.2) is 0 Å². The van der Waals surface area contributed by atoms with Crippen LogP contribution in [0.4, 0.5) is 0 Å². The summed E-state index contributed by atoms with van der Waals surface area (Å²) in [7, 11) is 0.0900. The number of hydrogen-bond donors (Lipinski definition) is 1. The Morgan fingerprint density at radius 3 is 1.74 bits per heavy atom. The molecule has 5 nitrogen and oxygen atoms in total. The van der Waals surface area contributed by atoms with Crippen molar-refractivity contribution in [3.63, 3.8) is 0 Å². The number of rotatable bonds is 9. The van der Waals surface area contributed by atoms with Gasteiger partial charge < -0.3 is 9.64 Å². The average molecular weight is 544 g/mol. The Labute approximate surface area is 233 Å². The molecule has 0 aliphatic heterocycles. The van der Waals surface area contributed by atoms with Gasteiger partial charge in [-0.3, -0.25) is 4.55 Å². The second-order valence-corrected chi connectivity index (χ2v) is 10.8. The smallest absolute Gasteiger partial charge is 0.294 e. The number of hydrogen-bond acceptors (Lipinski definition) is 4. The van der Waals surface area contributed by atoms with E-state index in [1.807, 2.05) is 6.92 Å². The molecule has 0 atom stereocenters. The van der Waals surface area contributed by atoms with Gasteiger partial charge in [0.15, 0.2) is 0 Å².